The first-order chi connectivity index (χ1) is 37.2. The standard InChI is InChI=1S/C72H50N2S/c1-5-15-51(16-6-1)55-27-39-61(40-28-55)73(62-41-29-56(30-42-62)52-17-7-2-8-18-52)65-47-35-59(36-48-65)67-23-13-25-69-70-26-14-24-68(72(70)75-71(67)69)60-37-49-66(50-38-60)74(63-43-31-57(32-44-63)53-19-9-3-10-20-53)64-45-33-58(34-46-64)54-21-11-4-12-22-54/h1-50H. The van der Waals surface area contributed by atoms with Crippen molar-refractivity contribution < 1.29 is 0 Å². The Kier molecular flexibility index (Phi) is 12.2. The fraction of sp³-hybridized carbons (Fsp3) is 0. The van der Waals surface area contributed by atoms with Crippen LogP contribution in [0.25, 0.3) is 86.9 Å². The summed E-state index contributed by atoms with van der Waals surface area (Å²) < 4.78 is 2.58. The van der Waals surface area contributed by atoms with Gasteiger partial charge in [-0.15, -0.1) is 11.3 Å². The topological polar surface area (TPSA) is 6.48 Å². The second-order valence-electron chi connectivity index (χ2n) is 18.9. The first kappa shape index (κ1) is 45.3. The quantitative estimate of drug-likeness (QED) is 0.120. The maximum Gasteiger partial charge on any atom is 0.0462 e. The van der Waals surface area contributed by atoms with Gasteiger partial charge in [0.25, 0.3) is 0 Å². The lowest BCUT2D eigenvalue weighted by Crippen LogP contribution is -2.09. The van der Waals surface area contributed by atoms with Crippen LogP contribution in [0.3, 0.4) is 0 Å². The van der Waals surface area contributed by atoms with Crippen molar-refractivity contribution in [3.8, 4) is 66.8 Å². The lowest BCUT2D eigenvalue weighted by Gasteiger charge is -2.26. The molecule has 0 atom stereocenters. The molecule has 0 fully saturated rings. The summed E-state index contributed by atoms with van der Waals surface area (Å²) in [5.41, 5.74) is 21.1. The van der Waals surface area contributed by atoms with Gasteiger partial charge in [-0.05, 0) is 140 Å². The lowest BCUT2D eigenvalue weighted by molar-refractivity contribution is 1.28. The van der Waals surface area contributed by atoms with E-state index in [2.05, 4.69) is 313 Å². The molecule has 354 valence electrons. The van der Waals surface area contributed by atoms with E-state index in [1.165, 1.54) is 86.9 Å². The van der Waals surface area contributed by atoms with Gasteiger partial charge in [0.1, 0.15) is 0 Å². The van der Waals surface area contributed by atoms with Gasteiger partial charge in [-0.2, -0.15) is 0 Å². The fourth-order valence-corrected chi connectivity index (χ4v) is 11.9. The molecule has 1 heterocycles. The monoisotopic (exact) mass is 974 g/mol. The second-order valence-corrected chi connectivity index (χ2v) is 19.9. The van der Waals surface area contributed by atoms with Crippen LogP contribution in [0.4, 0.5) is 34.1 Å². The molecule has 13 rings (SSSR count). The van der Waals surface area contributed by atoms with Gasteiger partial charge < -0.3 is 9.80 Å². The number of hydrogen-bond donors (Lipinski definition) is 0. The van der Waals surface area contributed by atoms with E-state index in [-0.39, 0.29) is 0 Å². The summed E-state index contributed by atoms with van der Waals surface area (Å²) in [7, 11) is 0. The summed E-state index contributed by atoms with van der Waals surface area (Å²) in [6.45, 7) is 0. The Balaban J connectivity index is 0.831. The number of nitrogens with zero attached hydrogens (tertiary/aromatic N) is 2. The number of anilines is 6. The van der Waals surface area contributed by atoms with Crippen LogP contribution < -0.4 is 9.80 Å². The average molecular weight is 975 g/mol. The van der Waals surface area contributed by atoms with Crippen molar-refractivity contribution in [2.45, 2.75) is 0 Å². The molecule has 0 saturated carbocycles. The number of thiophene rings is 1. The normalized spacial score (nSPS) is 11.2. The van der Waals surface area contributed by atoms with Gasteiger partial charge >= 0.3 is 0 Å². The number of hydrogen-bond acceptors (Lipinski definition) is 3. The zero-order chi connectivity index (χ0) is 49.9. The largest absolute Gasteiger partial charge is 0.311 e. The van der Waals surface area contributed by atoms with Gasteiger partial charge in [-0.1, -0.05) is 231 Å². The van der Waals surface area contributed by atoms with Crippen LogP contribution in [-0.2, 0) is 0 Å². The van der Waals surface area contributed by atoms with E-state index in [1.807, 2.05) is 11.3 Å². The molecular formula is C72H50N2S. The average Bonchev–Trinajstić information content (AvgIpc) is 3.90. The molecule has 1 aromatic heterocycles. The van der Waals surface area contributed by atoms with E-state index in [1.54, 1.807) is 0 Å². The predicted molar refractivity (Wildman–Crippen MR) is 321 cm³/mol. The van der Waals surface area contributed by atoms with E-state index in [0.717, 1.165) is 34.1 Å². The maximum atomic E-state index is 2.35. The highest BCUT2D eigenvalue weighted by molar-refractivity contribution is 7.26. The fourth-order valence-electron chi connectivity index (χ4n) is 10.5. The molecule has 0 bridgehead atoms. The highest BCUT2D eigenvalue weighted by Crippen LogP contribution is 2.46. The molecule has 12 aromatic carbocycles. The van der Waals surface area contributed by atoms with Crippen molar-refractivity contribution in [2.75, 3.05) is 9.80 Å². The highest BCUT2D eigenvalue weighted by atomic mass is 32.1. The van der Waals surface area contributed by atoms with Crippen LogP contribution in [0.2, 0.25) is 0 Å². The van der Waals surface area contributed by atoms with Crippen molar-refractivity contribution >= 4 is 65.6 Å². The van der Waals surface area contributed by atoms with Crippen molar-refractivity contribution in [3.63, 3.8) is 0 Å². The predicted octanol–water partition coefficient (Wildman–Crippen LogP) is 21.0. The zero-order valence-electron chi connectivity index (χ0n) is 41.2. The Morgan fingerprint density at radius 2 is 0.387 bits per heavy atom. The molecule has 0 aliphatic carbocycles. The van der Waals surface area contributed by atoms with E-state index >= 15 is 0 Å². The second kappa shape index (κ2) is 20.2. The van der Waals surface area contributed by atoms with Crippen molar-refractivity contribution in [1.29, 1.82) is 0 Å². The Bertz CT molecular complexity index is 3590. The summed E-state index contributed by atoms with van der Waals surface area (Å²) in [6, 6.07) is 110. The van der Waals surface area contributed by atoms with Gasteiger partial charge in [0.2, 0.25) is 0 Å². The summed E-state index contributed by atoms with van der Waals surface area (Å²) in [5.74, 6) is 0. The van der Waals surface area contributed by atoms with Gasteiger partial charge in [-0.3, -0.25) is 0 Å². The van der Waals surface area contributed by atoms with Crippen LogP contribution in [-0.4, -0.2) is 0 Å². The molecule has 0 saturated heterocycles. The Hall–Kier alpha value is -9.54. The van der Waals surface area contributed by atoms with Crippen molar-refractivity contribution in [2.24, 2.45) is 0 Å². The van der Waals surface area contributed by atoms with E-state index in [0.29, 0.717) is 0 Å². The van der Waals surface area contributed by atoms with Crippen LogP contribution in [0.15, 0.2) is 303 Å². The van der Waals surface area contributed by atoms with E-state index in [4.69, 9.17) is 0 Å². The Morgan fingerprint density at radius 3 is 0.627 bits per heavy atom. The van der Waals surface area contributed by atoms with E-state index < -0.39 is 0 Å². The molecule has 0 unspecified atom stereocenters. The highest BCUT2D eigenvalue weighted by Gasteiger charge is 2.19. The van der Waals surface area contributed by atoms with Crippen LogP contribution in [0.5, 0.6) is 0 Å². The summed E-state index contributed by atoms with van der Waals surface area (Å²) in [4.78, 5) is 4.71. The first-order valence-corrected chi connectivity index (χ1v) is 26.4. The third-order valence-electron chi connectivity index (χ3n) is 14.3. The summed E-state index contributed by atoms with van der Waals surface area (Å²) in [5, 5.41) is 2.55. The maximum absolute atomic E-state index is 2.35. The Labute approximate surface area is 443 Å². The molecule has 0 aliphatic heterocycles. The van der Waals surface area contributed by atoms with Crippen LogP contribution in [0, 0.1) is 0 Å². The minimum Gasteiger partial charge on any atom is -0.311 e. The number of fused-ring (bicyclic) bond motifs is 3. The molecular weight excluding hydrogens is 925 g/mol. The molecule has 0 spiro atoms. The Morgan fingerprint density at radius 1 is 0.173 bits per heavy atom. The number of benzene rings is 12. The first-order valence-electron chi connectivity index (χ1n) is 25.6. The van der Waals surface area contributed by atoms with E-state index in [9.17, 15) is 0 Å². The molecule has 0 amide bonds. The summed E-state index contributed by atoms with van der Waals surface area (Å²) >= 11 is 1.89. The van der Waals surface area contributed by atoms with Gasteiger partial charge in [-0.25, -0.2) is 0 Å². The third kappa shape index (κ3) is 9.08. The van der Waals surface area contributed by atoms with Gasteiger partial charge in [0, 0.05) is 54.3 Å². The van der Waals surface area contributed by atoms with Crippen molar-refractivity contribution in [3.05, 3.63) is 303 Å². The minimum absolute atomic E-state index is 1.10. The molecule has 0 aliphatic rings. The molecule has 0 radical (unpaired) electrons. The third-order valence-corrected chi connectivity index (χ3v) is 15.6. The molecule has 2 nitrogen and oxygen atoms in total. The van der Waals surface area contributed by atoms with Crippen LogP contribution in [0.1, 0.15) is 0 Å². The molecule has 13 aromatic rings. The van der Waals surface area contributed by atoms with Gasteiger partial charge in [0.05, 0.1) is 0 Å². The van der Waals surface area contributed by atoms with Gasteiger partial charge in [0.15, 0.2) is 0 Å². The van der Waals surface area contributed by atoms with Crippen LogP contribution >= 0.6 is 11.3 Å². The lowest BCUT2D eigenvalue weighted by atomic mass is 9.99. The summed E-state index contributed by atoms with van der Waals surface area (Å²) in [6.07, 6.45) is 0. The molecule has 3 heteroatoms. The number of rotatable bonds is 12. The molecule has 75 heavy (non-hydrogen) atoms. The zero-order valence-corrected chi connectivity index (χ0v) is 42.0. The minimum atomic E-state index is 1.10. The van der Waals surface area contributed by atoms with Crippen molar-refractivity contribution in [1.82, 2.24) is 0 Å². The SMILES string of the molecule is c1ccc(-c2ccc(N(c3ccc(-c4ccccc4)cc3)c3ccc(-c4cccc5c4sc4c(-c6ccc(N(c7ccc(-c8ccccc8)cc7)c7ccc(-c8ccccc8)cc7)cc6)cccc45)cc3)cc2)cc1. The smallest absolute Gasteiger partial charge is 0.0462 e. The molecule has 0 N–H and O–H groups in total.